The Morgan fingerprint density at radius 3 is 1.78 bits per heavy atom. The number of rotatable bonds is 8. The summed E-state index contributed by atoms with van der Waals surface area (Å²) in [5, 5.41) is 15.3. The number of nitrogens with two attached hydrogens (primary N) is 2. The largest absolute Gasteiger partial charge is 1.00 e. The molecule has 3 rings (SSSR count). The first-order chi connectivity index (χ1) is 16.6. The highest BCUT2D eigenvalue weighted by Crippen LogP contribution is 2.43. The molecular weight excluding hydrogens is 506 g/mol. The van der Waals surface area contributed by atoms with Crippen molar-refractivity contribution >= 4 is 11.4 Å². The number of hydrogen-bond acceptors (Lipinski definition) is 1. The minimum Gasteiger partial charge on any atom is -1.00 e. The molecule has 0 spiro atoms. The molecule has 5 N–H and O–H groups in total. The fraction of sp³-hybridized carbons (Fsp3) is 0.290. The van der Waals surface area contributed by atoms with E-state index in [1.165, 1.54) is 11.1 Å². The number of allylic oxidation sites excluding steroid dienone is 2. The van der Waals surface area contributed by atoms with Crippen LogP contribution in [0, 0.1) is 26.6 Å². The van der Waals surface area contributed by atoms with Gasteiger partial charge in [0.25, 0.3) is 0 Å². The summed E-state index contributed by atoms with van der Waals surface area (Å²) in [7, 11) is 0. The van der Waals surface area contributed by atoms with Gasteiger partial charge >= 0.3 is 0 Å². The molecule has 3 aromatic carbocycles. The summed E-state index contributed by atoms with van der Waals surface area (Å²) in [6.07, 6.45) is 4.28. The second kappa shape index (κ2) is 14.3. The lowest BCUT2D eigenvalue weighted by molar-refractivity contribution is -0.563. The van der Waals surface area contributed by atoms with Gasteiger partial charge in [-0.2, -0.15) is 0 Å². The van der Waals surface area contributed by atoms with Crippen molar-refractivity contribution in [2.45, 2.75) is 48.5 Å². The van der Waals surface area contributed by atoms with E-state index in [1.54, 1.807) is 6.07 Å². The minimum absolute atomic E-state index is 0. The van der Waals surface area contributed by atoms with Gasteiger partial charge in [-0.15, -0.1) is 0 Å². The molecule has 0 heterocycles. The molecule has 0 unspecified atom stereocenters. The zero-order valence-corrected chi connectivity index (χ0v) is 24.4. The van der Waals surface area contributed by atoms with Crippen LogP contribution in [0.5, 0.6) is 5.75 Å². The van der Waals surface area contributed by atoms with E-state index in [4.69, 9.17) is 0 Å². The van der Waals surface area contributed by atoms with Crippen LogP contribution >= 0.6 is 0 Å². The Bertz CT molecular complexity index is 1240. The molecular formula is C31H39Cl2FN2O. The zero-order chi connectivity index (χ0) is 25.7. The summed E-state index contributed by atoms with van der Waals surface area (Å²) in [5.41, 5.74) is 10.6. The van der Waals surface area contributed by atoms with Gasteiger partial charge in [0.15, 0.2) is 11.5 Å². The molecule has 0 fully saturated rings. The number of phenols is 1. The summed E-state index contributed by atoms with van der Waals surface area (Å²) in [6, 6.07) is 13.7. The molecule has 0 saturated carbocycles. The first kappa shape index (κ1) is 32.4. The number of benzene rings is 3. The topological polar surface area (TPSA) is 53.5 Å². The van der Waals surface area contributed by atoms with Gasteiger partial charge < -0.3 is 40.6 Å². The monoisotopic (exact) mass is 544 g/mol. The van der Waals surface area contributed by atoms with Crippen LogP contribution < -0.4 is 35.4 Å². The number of halogens is 3. The van der Waals surface area contributed by atoms with Crippen LogP contribution in [-0.2, 0) is 0 Å². The van der Waals surface area contributed by atoms with Gasteiger partial charge in [-0.25, -0.2) is 4.39 Å². The fourth-order valence-corrected chi connectivity index (χ4v) is 4.41. The lowest BCUT2D eigenvalue weighted by Gasteiger charge is -2.20. The molecule has 0 aliphatic carbocycles. The Morgan fingerprint density at radius 1 is 0.730 bits per heavy atom. The lowest BCUT2D eigenvalue weighted by atomic mass is 9.86. The highest BCUT2D eigenvalue weighted by Gasteiger charge is 2.20. The van der Waals surface area contributed by atoms with Crippen molar-refractivity contribution in [1.82, 2.24) is 0 Å². The number of phenolic OH excluding ortho intramolecular Hbond substituents is 1. The summed E-state index contributed by atoms with van der Waals surface area (Å²) in [4.78, 5) is 0. The molecule has 0 aliphatic heterocycles. The van der Waals surface area contributed by atoms with E-state index < -0.39 is 0 Å². The normalized spacial score (nSPS) is 10.3. The van der Waals surface area contributed by atoms with Crippen molar-refractivity contribution < 1.29 is 44.9 Å². The highest BCUT2D eigenvalue weighted by atomic mass is 35.5. The first-order valence-electron chi connectivity index (χ1n) is 12.3. The number of quaternary nitrogens is 2. The molecule has 3 nitrogen and oxygen atoms in total. The summed E-state index contributed by atoms with van der Waals surface area (Å²) in [5.74, 6) is 0.00796. The van der Waals surface area contributed by atoms with Gasteiger partial charge in [-0.3, -0.25) is 0 Å². The first-order valence-corrected chi connectivity index (χ1v) is 12.3. The zero-order valence-electron chi connectivity index (χ0n) is 22.8. The van der Waals surface area contributed by atoms with Crippen LogP contribution in [0.1, 0.15) is 44.4 Å². The second-order valence-electron chi connectivity index (χ2n) is 9.77. The molecule has 0 bridgehead atoms. The Hall–Kier alpha value is -2.63. The van der Waals surface area contributed by atoms with Crippen molar-refractivity contribution in [2.75, 3.05) is 13.1 Å². The minimum atomic E-state index is -0.246. The number of hydrogen-bond donors (Lipinski definition) is 3. The quantitative estimate of drug-likeness (QED) is 0.274. The maximum absolute atomic E-state index is 14.9. The third-order valence-electron chi connectivity index (χ3n) is 6.51. The lowest BCUT2D eigenvalue weighted by Crippen LogP contribution is -3.00. The average molecular weight is 546 g/mol. The predicted octanol–water partition coefficient (Wildman–Crippen LogP) is 0.121. The summed E-state index contributed by atoms with van der Waals surface area (Å²) in [6.45, 7) is 15.9. The van der Waals surface area contributed by atoms with Gasteiger partial charge in [0, 0.05) is 11.6 Å². The maximum atomic E-state index is 14.9. The van der Waals surface area contributed by atoms with E-state index in [1.807, 2.05) is 45.1 Å². The molecule has 0 saturated heterocycles. The molecule has 37 heavy (non-hydrogen) atoms. The van der Waals surface area contributed by atoms with Gasteiger partial charge in [-0.05, 0) is 130 Å². The van der Waals surface area contributed by atoms with Crippen LogP contribution in [0.15, 0.2) is 65.8 Å². The van der Waals surface area contributed by atoms with Crippen molar-refractivity contribution in [3.63, 3.8) is 0 Å². The molecule has 3 aromatic rings. The van der Waals surface area contributed by atoms with E-state index >= 15 is 0 Å². The van der Waals surface area contributed by atoms with Gasteiger partial charge in [0.05, 0.1) is 13.1 Å². The molecule has 6 heteroatoms. The van der Waals surface area contributed by atoms with E-state index in [9.17, 15) is 9.50 Å². The van der Waals surface area contributed by atoms with Crippen molar-refractivity contribution in [1.29, 1.82) is 0 Å². The van der Waals surface area contributed by atoms with Crippen LogP contribution in [0.4, 0.5) is 15.8 Å². The standard InChI is InChI=1S/C31H37FN2O.2ClH/c1-19(2)14-16-33-26-11-8-24(9-12-26)30-22(6)21(5)29(23(7)31(30)35)25-10-13-28(27(32)18-25)34-17-15-20(3)4;;/h8-15,18,33-35H,16-17H2,1-7H3;2*1H. The molecule has 200 valence electrons. The predicted molar refractivity (Wildman–Crippen MR) is 145 cm³/mol. The average Bonchev–Trinajstić information content (AvgIpc) is 2.80. The van der Waals surface area contributed by atoms with E-state index in [0.29, 0.717) is 12.2 Å². The van der Waals surface area contributed by atoms with Crippen LogP contribution in [0.25, 0.3) is 22.3 Å². The molecule has 0 atom stereocenters. The fourth-order valence-electron chi connectivity index (χ4n) is 4.41. The molecule has 0 amide bonds. The van der Waals surface area contributed by atoms with E-state index in [-0.39, 0.29) is 36.4 Å². The van der Waals surface area contributed by atoms with Crippen molar-refractivity contribution in [3.8, 4) is 28.0 Å². The van der Waals surface area contributed by atoms with Crippen LogP contribution in [0.3, 0.4) is 0 Å². The molecule has 0 radical (unpaired) electrons. The van der Waals surface area contributed by atoms with Crippen LogP contribution in [-0.4, -0.2) is 18.2 Å². The second-order valence-corrected chi connectivity index (χ2v) is 9.77. The van der Waals surface area contributed by atoms with Gasteiger partial charge in [0.1, 0.15) is 11.4 Å². The van der Waals surface area contributed by atoms with E-state index in [2.05, 4.69) is 62.5 Å². The van der Waals surface area contributed by atoms with E-state index in [0.717, 1.165) is 51.2 Å². The Balaban J connectivity index is 0.00000342. The smallest absolute Gasteiger partial charge is 0.184 e. The third-order valence-corrected chi connectivity index (χ3v) is 6.51. The SMILES string of the molecule is CC(C)=CC[NH2+]c1ccc(-c2c(C)c(C)c(-c3ccc([NH2+]CC=C(C)C)c(F)c3)c(C)c2O)cc1.[Cl-].[Cl-]. The maximum Gasteiger partial charge on any atom is 0.184 e. The Morgan fingerprint density at radius 2 is 1.24 bits per heavy atom. The summed E-state index contributed by atoms with van der Waals surface area (Å²) >= 11 is 0. The molecule has 0 aromatic heterocycles. The third kappa shape index (κ3) is 7.93. The van der Waals surface area contributed by atoms with Gasteiger partial charge in [-0.1, -0.05) is 11.1 Å². The highest BCUT2D eigenvalue weighted by molar-refractivity contribution is 5.85. The Kier molecular flexibility index (Phi) is 12.6. The Labute approximate surface area is 233 Å². The van der Waals surface area contributed by atoms with Crippen molar-refractivity contribution in [3.05, 3.63) is 88.3 Å². The molecule has 0 aliphatic rings. The number of aromatic hydroxyl groups is 1. The van der Waals surface area contributed by atoms with Gasteiger partial charge in [0.2, 0.25) is 0 Å². The van der Waals surface area contributed by atoms with Crippen molar-refractivity contribution in [2.24, 2.45) is 0 Å². The summed E-state index contributed by atoms with van der Waals surface area (Å²) < 4.78 is 14.9. The van der Waals surface area contributed by atoms with Crippen LogP contribution in [0.2, 0.25) is 0 Å².